The largest absolute Gasteiger partial charge is 0.471 e. The highest BCUT2D eigenvalue weighted by atomic mass is 19.3. The zero-order chi connectivity index (χ0) is 12.3. The molecule has 0 saturated heterocycles. The van der Waals surface area contributed by atoms with Crippen LogP contribution < -0.4 is 10.1 Å². The average molecular weight is 242 g/mol. The standard InChI is InChI=1S/C12H16F2N2O/c1-8-6-9-2-4-15-5-3-10(9)16-12(8)17-7-11(13)14/h6,11,15H,2-5,7H2,1H3. The molecule has 0 spiro atoms. The lowest BCUT2D eigenvalue weighted by molar-refractivity contribution is 0.0791. The number of aromatic nitrogens is 1. The first-order valence-electron chi connectivity index (χ1n) is 5.78. The van der Waals surface area contributed by atoms with E-state index in [0.717, 1.165) is 37.2 Å². The van der Waals surface area contributed by atoms with Crippen molar-refractivity contribution in [3.8, 4) is 5.88 Å². The lowest BCUT2D eigenvalue weighted by atomic mass is 10.1. The van der Waals surface area contributed by atoms with Crippen LogP contribution in [0.5, 0.6) is 5.88 Å². The lowest BCUT2D eigenvalue weighted by Gasteiger charge is -2.11. The van der Waals surface area contributed by atoms with E-state index in [1.165, 1.54) is 5.56 Å². The van der Waals surface area contributed by atoms with Gasteiger partial charge in [-0.15, -0.1) is 0 Å². The van der Waals surface area contributed by atoms with E-state index in [4.69, 9.17) is 4.74 Å². The normalized spacial score (nSPS) is 15.5. The number of pyridine rings is 1. The molecular formula is C12H16F2N2O. The fraction of sp³-hybridized carbons (Fsp3) is 0.583. The van der Waals surface area contributed by atoms with E-state index >= 15 is 0 Å². The van der Waals surface area contributed by atoms with Crippen LogP contribution in [-0.2, 0) is 12.8 Å². The van der Waals surface area contributed by atoms with Crippen LogP contribution in [0.2, 0.25) is 0 Å². The van der Waals surface area contributed by atoms with Crippen molar-refractivity contribution in [3.63, 3.8) is 0 Å². The van der Waals surface area contributed by atoms with Gasteiger partial charge in [-0.05, 0) is 31.5 Å². The summed E-state index contributed by atoms with van der Waals surface area (Å²) in [4.78, 5) is 4.35. The maximum absolute atomic E-state index is 12.1. The molecule has 0 radical (unpaired) electrons. The Morgan fingerprint density at radius 3 is 2.94 bits per heavy atom. The van der Waals surface area contributed by atoms with Crippen molar-refractivity contribution >= 4 is 0 Å². The van der Waals surface area contributed by atoms with Crippen molar-refractivity contribution in [2.24, 2.45) is 0 Å². The number of fused-ring (bicyclic) bond motifs is 1. The molecule has 0 aromatic carbocycles. The maximum Gasteiger partial charge on any atom is 0.272 e. The Balaban J connectivity index is 2.19. The van der Waals surface area contributed by atoms with Gasteiger partial charge in [0.15, 0.2) is 6.61 Å². The van der Waals surface area contributed by atoms with Gasteiger partial charge < -0.3 is 10.1 Å². The van der Waals surface area contributed by atoms with E-state index in [2.05, 4.69) is 10.3 Å². The molecule has 0 aliphatic carbocycles. The Kier molecular flexibility index (Phi) is 3.89. The fourth-order valence-electron chi connectivity index (χ4n) is 1.96. The summed E-state index contributed by atoms with van der Waals surface area (Å²) in [6.45, 7) is 3.06. The number of rotatable bonds is 3. The summed E-state index contributed by atoms with van der Waals surface area (Å²) < 4.78 is 29.2. The van der Waals surface area contributed by atoms with Gasteiger partial charge in [0.25, 0.3) is 6.43 Å². The molecule has 1 aliphatic rings. The van der Waals surface area contributed by atoms with Crippen LogP contribution in [-0.4, -0.2) is 31.1 Å². The predicted octanol–water partition coefficient (Wildman–Crippen LogP) is 1.72. The predicted molar refractivity (Wildman–Crippen MR) is 60.8 cm³/mol. The smallest absolute Gasteiger partial charge is 0.272 e. The second kappa shape index (κ2) is 5.40. The third-order valence-electron chi connectivity index (χ3n) is 2.79. The summed E-state index contributed by atoms with van der Waals surface area (Å²) >= 11 is 0. The van der Waals surface area contributed by atoms with Crippen molar-refractivity contribution in [1.82, 2.24) is 10.3 Å². The number of alkyl halides is 2. The summed E-state index contributed by atoms with van der Waals surface area (Å²) in [5.41, 5.74) is 2.98. The number of aryl methyl sites for hydroxylation is 1. The zero-order valence-electron chi connectivity index (χ0n) is 9.80. The van der Waals surface area contributed by atoms with Gasteiger partial charge in [0, 0.05) is 24.2 Å². The van der Waals surface area contributed by atoms with Crippen LogP contribution in [0.15, 0.2) is 6.07 Å². The van der Waals surface area contributed by atoms with Gasteiger partial charge in [0.1, 0.15) is 0 Å². The van der Waals surface area contributed by atoms with Crippen LogP contribution in [0.3, 0.4) is 0 Å². The second-order valence-corrected chi connectivity index (χ2v) is 4.17. The summed E-state index contributed by atoms with van der Waals surface area (Å²) in [6.07, 6.45) is -0.712. The number of nitrogens with zero attached hydrogens (tertiary/aromatic N) is 1. The molecule has 1 aromatic heterocycles. The minimum atomic E-state index is -2.46. The number of halogens is 2. The van der Waals surface area contributed by atoms with Crippen LogP contribution in [0.1, 0.15) is 16.8 Å². The zero-order valence-corrected chi connectivity index (χ0v) is 9.80. The van der Waals surface area contributed by atoms with Gasteiger partial charge in [-0.1, -0.05) is 0 Å². The van der Waals surface area contributed by atoms with Crippen LogP contribution in [0.4, 0.5) is 8.78 Å². The Morgan fingerprint density at radius 2 is 2.18 bits per heavy atom. The first kappa shape index (κ1) is 12.2. The first-order chi connectivity index (χ1) is 8.16. The van der Waals surface area contributed by atoms with Crippen molar-refractivity contribution in [1.29, 1.82) is 0 Å². The third-order valence-corrected chi connectivity index (χ3v) is 2.79. The van der Waals surface area contributed by atoms with E-state index in [1.807, 2.05) is 13.0 Å². The summed E-state index contributed by atoms with van der Waals surface area (Å²) in [6, 6.07) is 2.00. The first-order valence-corrected chi connectivity index (χ1v) is 5.78. The molecule has 1 aliphatic heterocycles. The van der Waals surface area contributed by atoms with E-state index in [-0.39, 0.29) is 0 Å². The summed E-state index contributed by atoms with van der Waals surface area (Å²) in [5.74, 6) is 0.339. The summed E-state index contributed by atoms with van der Waals surface area (Å²) in [7, 11) is 0. The van der Waals surface area contributed by atoms with Gasteiger partial charge >= 0.3 is 0 Å². The molecule has 0 bridgehead atoms. The Morgan fingerprint density at radius 1 is 1.41 bits per heavy atom. The van der Waals surface area contributed by atoms with E-state index in [9.17, 15) is 8.78 Å². The molecule has 0 amide bonds. The van der Waals surface area contributed by atoms with Crippen LogP contribution in [0.25, 0.3) is 0 Å². The Hall–Kier alpha value is -1.23. The highest BCUT2D eigenvalue weighted by Crippen LogP contribution is 2.21. The number of hydrogen-bond donors (Lipinski definition) is 1. The van der Waals surface area contributed by atoms with Gasteiger partial charge in [0.05, 0.1) is 0 Å². The average Bonchev–Trinajstić information content (AvgIpc) is 2.50. The van der Waals surface area contributed by atoms with Gasteiger partial charge in [-0.3, -0.25) is 0 Å². The number of ether oxygens (including phenoxy) is 1. The van der Waals surface area contributed by atoms with Crippen molar-refractivity contribution in [2.45, 2.75) is 26.2 Å². The van der Waals surface area contributed by atoms with Crippen molar-refractivity contribution in [2.75, 3.05) is 19.7 Å². The molecule has 17 heavy (non-hydrogen) atoms. The van der Waals surface area contributed by atoms with E-state index < -0.39 is 13.0 Å². The molecule has 0 atom stereocenters. The SMILES string of the molecule is Cc1cc2c(nc1OCC(F)F)CCNCC2. The molecule has 94 valence electrons. The molecule has 3 nitrogen and oxygen atoms in total. The molecule has 0 saturated carbocycles. The van der Waals surface area contributed by atoms with Gasteiger partial charge in [0.2, 0.25) is 5.88 Å². The van der Waals surface area contributed by atoms with E-state index in [1.54, 1.807) is 0 Å². The molecular weight excluding hydrogens is 226 g/mol. The van der Waals surface area contributed by atoms with Gasteiger partial charge in [-0.25, -0.2) is 13.8 Å². The van der Waals surface area contributed by atoms with Crippen LogP contribution in [0, 0.1) is 6.92 Å². The molecule has 0 fully saturated rings. The van der Waals surface area contributed by atoms with Crippen molar-refractivity contribution < 1.29 is 13.5 Å². The van der Waals surface area contributed by atoms with Gasteiger partial charge in [-0.2, -0.15) is 0 Å². The quantitative estimate of drug-likeness (QED) is 0.876. The third kappa shape index (κ3) is 3.12. The second-order valence-electron chi connectivity index (χ2n) is 4.17. The molecule has 1 N–H and O–H groups in total. The monoisotopic (exact) mass is 242 g/mol. The lowest BCUT2D eigenvalue weighted by Crippen LogP contribution is -2.16. The number of nitrogens with one attached hydrogen (secondary N) is 1. The Bertz CT molecular complexity index is 396. The summed E-state index contributed by atoms with van der Waals surface area (Å²) in [5, 5.41) is 3.28. The number of hydrogen-bond acceptors (Lipinski definition) is 3. The Labute approximate surface area is 99.2 Å². The minimum Gasteiger partial charge on any atom is -0.471 e. The molecule has 1 aromatic rings. The highest BCUT2D eigenvalue weighted by Gasteiger charge is 2.14. The molecule has 2 heterocycles. The maximum atomic E-state index is 12.1. The van der Waals surface area contributed by atoms with E-state index in [0.29, 0.717) is 5.88 Å². The molecule has 5 heteroatoms. The van der Waals surface area contributed by atoms with Crippen LogP contribution >= 0.6 is 0 Å². The minimum absolute atomic E-state index is 0.339. The fourth-order valence-corrected chi connectivity index (χ4v) is 1.96. The van der Waals surface area contributed by atoms with Crippen molar-refractivity contribution in [3.05, 3.63) is 22.9 Å². The topological polar surface area (TPSA) is 34.1 Å². The highest BCUT2D eigenvalue weighted by molar-refractivity contribution is 5.34. The molecule has 2 rings (SSSR count). The molecule has 0 unspecified atom stereocenters.